The Bertz CT molecular complexity index is 549. The van der Waals surface area contributed by atoms with Gasteiger partial charge in [-0.2, -0.15) is 0 Å². The van der Waals surface area contributed by atoms with Crippen LogP contribution in [-0.4, -0.2) is 36.0 Å². The predicted octanol–water partition coefficient (Wildman–Crippen LogP) is 1.29. The van der Waals surface area contributed by atoms with Gasteiger partial charge in [0, 0.05) is 23.9 Å². The fourth-order valence-electron chi connectivity index (χ4n) is 2.86. The number of hydrogen-bond donors (Lipinski definition) is 2. The van der Waals surface area contributed by atoms with Crippen molar-refractivity contribution in [3.63, 3.8) is 0 Å². The first kappa shape index (κ1) is 13.5. The van der Waals surface area contributed by atoms with E-state index in [0.29, 0.717) is 24.8 Å². The number of rotatable bonds is 3. The molecule has 1 fully saturated rings. The smallest absolute Gasteiger partial charge is 0.279 e. The fourth-order valence-corrected chi connectivity index (χ4v) is 3.63. The largest absolute Gasteiger partial charge is 0.334 e. The van der Waals surface area contributed by atoms with Gasteiger partial charge in [-0.15, -0.1) is 0 Å². The number of nitrogens with zero attached hydrogens (tertiary/aromatic N) is 1. The van der Waals surface area contributed by atoms with Crippen LogP contribution in [0.2, 0.25) is 0 Å². The van der Waals surface area contributed by atoms with E-state index in [0.717, 1.165) is 12.1 Å². The van der Waals surface area contributed by atoms with E-state index in [2.05, 4.69) is 11.4 Å². The summed E-state index contributed by atoms with van der Waals surface area (Å²) in [6.07, 6.45) is 0.868. The lowest BCUT2D eigenvalue weighted by molar-refractivity contribution is -0.119. The van der Waals surface area contributed by atoms with Crippen LogP contribution in [0.25, 0.3) is 0 Å². The molecule has 6 heteroatoms. The molecule has 2 heterocycles. The van der Waals surface area contributed by atoms with Crippen molar-refractivity contribution in [3.8, 4) is 0 Å². The molecule has 0 aromatic heterocycles. The Morgan fingerprint density at radius 3 is 2.95 bits per heavy atom. The summed E-state index contributed by atoms with van der Waals surface area (Å²) < 4.78 is 0. The predicted molar refractivity (Wildman–Crippen MR) is 80.0 cm³/mol. The van der Waals surface area contributed by atoms with Gasteiger partial charge in [0.2, 0.25) is 5.91 Å². The molecule has 1 saturated heterocycles. The van der Waals surface area contributed by atoms with Crippen molar-refractivity contribution in [1.29, 1.82) is 0 Å². The molecule has 0 bridgehead atoms. The molecule has 2 aliphatic rings. The maximum atomic E-state index is 12.6. The molecule has 20 heavy (non-hydrogen) atoms. The number of carbonyl (C=O) groups excluding carboxylic acids is 2. The monoisotopic (exact) mass is 291 g/mol. The second-order valence-corrected chi connectivity index (χ2v) is 6.07. The van der Waals surface area contributed by atoms with Gasteiger partial charge in [0.1, 0.15) is 6.04 Å². The first-order chi connectivity index (χ1) is 9.70. The lowest BCUT2D eigenvalue weighted by Crippen LogP contribution is -2.45. The van der Waals surface area contributed by atoms with Crippen molar-refractivity contribution in [2.45, 2.75) is 18.4 Å². The van der Waals surface area contributed by atoms with Gasteiger partial charge in [0.25, 0.3) is 5.24 Å². The van der Waals surface area contributed by atoms with Gasteiger partial charge in [-0.3, -0.25) is 9.59 Å². The normalized spacial score (nSPS) is 24.6. The van der Waals surface area contributed by atoms with E-state index in [4.69, 9.17) is 5.73 Å². The minimum Gasteiger partial charge on any atom is -0.334 e. The topological polar surface area (TPSA) is 75.4 Å². The summed E-state index contributed by atoms with van der Waals surface area (Å²) >= 11 is 1.17. The van der Waals surface area contributed by atoms with Crippen molar-refractivity contribution in [3.05, 3.63) is 29.8 Å². The Balaban J connectivity index is 1.84. The number of anilines is 1. The molecule has 2 unspecified atom stereocenters. The van der Waals surface area contributed by atoms with Gasteiger partial charge in [-0.05, 0) is 24.6 Å². The molecule has 0 saturated carbocycles. The molecule has 0 aliphatic carbocycles. The summed E-state index contributed by atoms with van der Waals surface area (Å²) in [5.41, 5.74) is 7.81. The zero-order valence-corrected chi connectivity index (χ0v) is 11.9. The number of fused-ring (bicyclic) bond motifs is 1. The quantitative estimate of drug-likeness (QED) is 0.880. The molecular formula is C14H17N3O2S. The van der Waals surface area contributed by atoms with E-state index in [1.54, 1.807) is 4.90 Å². The summed E-state index contributed by atoms with van der Waals surface area (Å²) in [4.78, 5) is 25.6. The fraction of sp³-hybridized carbons (Fsp3) is 0.429. The van der Waals surface area contributed by atoms with Crippen molar-refractivity contribution in [1.82, 2.24) is 5.32 Å². The Hall–Kier alpha value is -1.53. The number of nitrogens with two attached hydrogens (primary N) is 1. The Morgan fingerprint density at radius 2 is 2.25 bits per heavy atom. The van der Waals surface area contributed by atoms with E-state index in [1.807, 2.05) is 18.2 Å². The molecule has 1 aromatic carbocycles. The molecule has 0 radical (unpaired) electrons. The third kappa shape index (κ3) is 2.29. The van der Waals surface area contributed by atoms with Crippen LogP contribution < -0.4 is 16.0 Å². The molecule has 1 aromatic rings. The molecule has 3 rings (SSSR count). The lowest BCUT2D eigenvalue weighted by atomic mass is 9.98. The summed E-state index contributed by atoms with van der Waals surface area (Å²) in [5.74, 6) is 0.790. The highest BCUT2D eigenvalue weighted by molar-refractivity contribution is 8.14. The van der Waals surface area contributed by atoms with E-state index in [1.165, 1.54) is 17.3 Å². The van der Waals surface area contributed by atoms with Crippen LogP contribution >= 0.6 is 11.8 Å². The number of para-hydroxylation sites is 1. The number of carbonyl (C=O) groups is 2. The molecule has 2 amide bonds. The number of hydrogen-bond acceptors (Lipinski definition) is 4. The summed E-state index contributed by atoms with van der Waals surface area (Å²) in [7, 11) is 0. The second kappa shape index (κ2) is 5.46. The van der Waals surface area contributed by atoms with Crippen LogP contribution in [-0.2, 0) is 4.79 Å². The van der Waals surface area contributed by atoms with Crippen molar-refractivity contribution in [2.75, 3.05) is 23.7 Å². The van der Waals surface area contributed by atoms with Gasteiger partial charge in [0.15, 0.2) is 0 Å². The number of thioether (sulfide) groups is 1. The first-order valence-corrected chi connectivity index (χ1v) is 7.73. The van der Waals surface area contributed by atoms with Gasteiger partial charge in [0.05, 0.1) is 0 Å². The Labute approximate surface area is 121 Å². The van der Waals surface area contributed by atoms with Gasteiger partial charge < -0.3 is 16.0 Å². The molecule has 5 nitrogen and oxygen atoms in total. The average Bonchev–Trinajstić information content (AvgIpc) is 3.04. The first-order valence-electron chi connectivity index (χ1n) is 6.74. The maximum absolute atomic E-state index is 12.6. The maximum Gasteiger partial charge on any atom is 0.279 e. The standard InChI is InChI=1S/C14H17N3O2S/c15-6-5-9-7-17(12-4-2-1-3-10(9)12)13(18)11-8-20-14(19)16-11/h1-4,9,11H,5-8,15H2,(H,16,19). The molecule has 0 spiro atoms. The SMILES string of the molecule is NCCC1CN(C(=O)C2CSC(=O)N2)c2ccccc21. The van der Waals surface area contributed by atoms with Gasteiger partial charge in [-0.1, -0.05) is 30.0 Å². The van der Waals surface area contributed by atoms with Crippen LogP contribution in [0.15, 0.2) is 24.3 Å². The third-order valence-electron chi connectivity index (χ3n) is 3.82. The van der Waals surface area contributed by atoms with E-state index < -0.39 is 6.04 Å². The Kier molecular flexibility index (Phi) is 3.67. The molecular weight excluding hydrogens is 274 g/mol. The summed E-state index contributed by atoms with van der Waals surface area (Å²) in [5, 5.41) is 2.60. The van der Waals surface area contributed by atoms with Crippen molar-refractivity contribution >= 4 is 28.6 Å². The van der Waals surface area contributed by atoms with Crippen LogP contribution in [0.3, 0.4) is 0 Å². The third-order valence-corrected chi connectivity index (χ3v) is 4.70. The van der Waals surface area contributed by atoms with Gasteiger partial charge in [-0.25, -0.2) is 0 Å². The molecule has 106 valence electrons. The zero-order valence-electron chi connectivity index (χ0n) is 11.0. The van der Waals surface area contributed by atoms with E-state index >= 15 is 0 Å². The Morgan fingerprint density at radius 1 is 1.45 bits per heavy atom. The van der Waals surface area contributed by atoms with Crippen LogP contribution in [0.4, 0.5) is 10.5 Å². The van der Waals surface area contributed by atoms with Crippen LogP contribution in [0.1, 0.15) is 17.9 Å². The van der Waals surface area contributed by atoms with Crippen molar-refractivity contribution < 1.29 is 9.59 Å². The van der Waals surface area contributed by atoms with Crippen LogP contribution in [0.5, 0.6) is 0 Å². The highest BCUT2D eigenvalue weighted by Crippen LogP contribution is 2.38. The minimum atomic E-state index is -0.405. The van der Waals surface area contributed by atoms with Crippen molar-refractivity contribution in [2.24, 2.45) is 5.73 Å². The minimum absolute atomic E-state index is 0.0182. The van der Waals surface area contributed by atoms with E-state index in [9.17, 15) is 9.59 Å². The summed E-state index contributed by atoms with van der Waals surface area (Å²) in [6, 6.07) is 7.55. The number of amides is 2. The van der Waals surface area contributed by atoms with E-state index in [-0.39, 0.29) is 11.1 Å². The molecule has 3 N–H and O–H groups in total. The lowest BCUT2D eigenvalue weighted by Gasteiger charge is -2.21. The molecule has 2 aliphatic heterocycles. The zero-order chi connectivity index (χ0) is 14.1. The average molecular weight is 291 g/mol. The summed E-state index contributed by atoms with van der Waals surface area (Å²) in [6.45, 7) is 1.27. The highest BCUT2D eigenvalue weighted by atomic mass is 32.2. The van der Waals surface area contributed by atoms with Crippen LogP contribution in [0, 0.1) is 0 Å². The highest BCUT2D eigenvalue weighted by Gasteiger charge is 2.37. The number of benzene rings is 1. The number of nitrogens with one attached hydrogen (secondary N) is 1. The second-order valence-electron chi connectivity index (χ2n) is 5.08. The van der Waals surface area contributed by atoms with Gasteiger partial charge >= 0.3 is 0 Å². The molecule has 2 atom stereocenters.